The smallest absolute Gasteiger partial charge is 0.335 e. The molecule has 0 atom stereocenters. The highest BCUT2D eigenvalue weighted by Gasteiger charge is 2.24. The molecule has 1 amide bonds. The second-order valence-corrected chi connectivity index (χ2v) is 9.01. The van der Waals surface area contributed by atoms with Crippen molar-refractivity contribution in [3.05, 3.63) is 64.7 Å². The first kappa shape index (κ1) is 24.8. The van der Waals surface area contributed by atoms with E-state index in [4.69, 9.17) is 0 Å². The lowest BCUT2D eigenvalue weighted by molar-refractivity contribution is -0.121. The topological polar surface area (TPSA) is 60.9 Å². The third-order valence-electron chi connectivity index (χ3n) is 6.04. The zero-order valence-corrected chi connectivity index (χ0v) is 19.3. The van der Waals surface area contributed by atoms with Crippen LogP contribution in [-0.4, -0.2) is 35.0 Å². The number of amides is 1. The summed E-state index contributed by atoms with van der Waals surface area (Å²) in [4.78, 5) is 28.5. The van der Waals surface area contributed by atoms with E-state index >= 15 is 0 Å². The van der Waals surface area contributed by atoms with Crippen LogP contribution in [0.3, 0.4) is 0 Å². The first-order chi connectivity index (χ1) is 15.8. The van der Waals surface area contributed by atoms with Crippen molar-refractivity contribution >= 4 is 17.6 Å². The molecular weight excluding hydrogens is 426 g/mol. The summed E-state index contributed by atoms with van der Waals surface area (Å²) in [6.45, 7) is 5.59. The SMILES string of the molecule is CC(C)C(=O)N1CCCCCCCN(Cc2ccc(F)cc2F)Cc2cc(C(=O)O)ccc21. The van der Waals surface area contributed by atoms with Gasteiger partial charge in [0.15, 0.2) is 0 Å². The van der Waals surface area contributed by atoms with Crippen molar-refractivity contribution in [2.75, 3.05) is 18.0 Å². The molecule has 2 aromatic carbocycles. The summed E-state index contributed by atoms with van der Waals surface area (Å²) in [5.41, 5.74) is 1.94. The molecule has 1 aliphatic heterocycles. The Labute approximate surface area is 194 Å². The maximum Gasteiger partial charge on any atom is 0.335 e. The van der Waals surface area contributed by atoms with Gasteiger partial charge in [0, 0.05) is 42.9 Å². The summed E-state index contributed by atoms with van der Waals surface area (Å²) in [6.07, 6.45) is 4.86. The lowest BCUT2D eigenvalue weighted by Crippen LogP contribution is -2.37. The van der Waals surface area contributed by atoms with E-state index in [0.29, 0.717) is 36.4 Å². The standard InChI is InChI=1S/C26H32F2N2O3/c1-18(2)25(31)30-13-7-5-3-4-6-12-29(16-20-8-10-22(27)15-23(20)28)17-21-14-19(26(32)33)9-11-24(21)30/h8-11,14-15,18H,3-7,12-13,16-17H2,1-2H3,(H,32,33). The number of fused-ring (bicyclic) bond motifs is 1. The molecule has 33 heavy (non-hydrogen) atoms. The number of carboxylic acids is 1. The van der Waals surface area contributed by atoms with Crippen LogP contribution in [0.1, 0.15) is 67.4 Å². The number of carbonyl (C=O) groups excluding carboxylic acids is 1. The molecule has 0 aromatic heterocycles. The lowest BCUT2D eigenvalue weighted by Gasteiger charge is -2.30. The summed E-state index contributed by atoms with van der Waals surface area (Å²) in [7, 11) is 0. The molecule has 5 nitrogen and oxygen atoms in total. The van der Waals surface area contributed by atoms with E-state index in [1.165, 1.54) is 18.2 Å². The second-order valence-electron chi connectivity index (χ2n) is 9.01. The molecule has 0 saturated heterocycles. The minimum Gasteiger partial charge on any atom is -0.478 e. The van der Waals surface area contributed by atoms with E-state index in [1.54, 1.807) is 17.0 Å². The molecule has 3 rings (SSSR count). The Balaban J connectivity index is 2.02. The van der Waals surface area contributed by atoms with Crippen molar-refractivity contribution in [1.82, 2.24) is 4.90 Å². The van der Waals surface area contributed by atoms with Gasteiger partial charge in [-0.3, -0.25) is 9.69 Å². The van der Waals surface area contributed by atoms with Gasteiger partial charge in [-0.15, -0.1) is 0 Å². The van der Waals surface area contributed by atoms with Gasteiger partial charge >= 0.3 is 5.97 Å². The molecule has 0 fully saturated rings. The van der Waals surface area contributed by atoms with Crippen molar-refractivity contribution in [2.24, 2.45) is 5.92 Å². The van der Waals surface area contributed by atoms with Crippen molar-refractivity contribution in [2.45, 2.75) is 59.0 Å². The molecular formula is C26H32F2N2O3. The fourth-order valence-electron chi connectivity index (χ4n) is 4.25. The van der Waals surface area contributed by atoms with E-state index in [9.17, 15) is 23.5 Å². The van der Waals surface area contributed by atoms with Gasteiger partial charge in [0.25, 0.3) is 0 Å². The van der Waals surface area contributed by atoms with Crippen LogP contribution in [-0.2, 0) is 17.9 Å². The molecule has 0 unspecified atom stereocenters. The Kier molecular flexibility index (Phi) is 8.55. The van der Waals surface area contributed by atoms with E-state index < -0.39 is 17.6 Å². The molecule has 2 aromatic rings. The Hall–Kier alpha value is -2.80. The third kappa shape index (κ3) is 6.60. The molecule has 1 N–H and O–H groups in total. The minimum atomic E-state index is -1.04. The first-order valence-corrected chi connectivity index (χ1v) is 11.6. The van der Waals surface area contributed by atoms with Gasteiger partial charge < -0.3 is 10.0 Å². The fourth-order valence-corrected chi connectivity index (χ4v) is 4.25. The van der Waals surface area contributed by atoms with Crippen LogP contribution in [0.15, 0.2) is 36.4 Å². The molecule has 1 heterocycles. The van der Waals surface area contributed by atoms with Gasteiger partial charge in [0.2, 0.25) is 5.91 Å². The zero-order chi connectivity index (χ0) is 24.0. The monoisotopic (exact) mass is 458 g/mol. The molecule has 0 radical (unpaired) electrons. The van der Waals surface area contributed by atoms with Crippen LogP contribution in [0.25, 0.3) is 0 Å². The summed E-state index contributed by atoms with van der Waals surface area (Å²) in [5.74, 6) is -2.47. The number of carbonyl (C=O) groups is 2. The number of nitrogens with zero attached hydrogens (tertiary/aromatic N) is 2. The number of carboxylic acid groups (broad SMARTS) is 1. The quantitative estimate of drug-likeness (QED) is 0.646. The molecule has 0 saturated carbocycles. The predicted octanol–water partition coefficient (Wildman–Crippen LogP) is 5.62. The molecule has 7 heteroatoms. The highest BCUT2D eigenvalue weighted by molar-refractivity contribution is 5.96. The van der Waals surface area contributed by atoms with Crippen LogP contribution in [0.2, 0.25) is 0 Å². The van der Waals surface area contributed by atoms with E-state index in [0.717, 1.165) is 38.2 Å². The van der Waals surface area contributed by atoms with Gasteiger partial charge in [0.1, 0.15) is 11.6 Å². The summed E-state index contributed by atoms with van der Waals surface area (Å²) in [6, 6.07) is 8.42. The van der Waals surface area contributed by atoms with Crippen molar-refractivity contribution < 1.29 is 23.5 Å². The second kappa shape index (κ2) is 11.4. The number of hydrogen-bond acceptors (Lipinski definition) is 3. The average Bonchev–Trinajstić information content (AvgIpc) is 2.76. The van der Waals surface area contributed by atoms with Crippen LogP contribution in [0.4, 0.5) is 14.5 Å². The number of rotatable bonds is 4. The fraction of sp³-hybridized carbons (Fsp3) is 0.462. The molecule has 0 aliphatic carbocycles. The van der Waals surface area contributed by atoms with E-state index in [-0.39, 0.29) is 23.9 Å². The van der Waals surface area contributed by atoms with Gasteiger partial charge in [-0.25, -0.2) is 13.6 Å². The predicted molar refractivity (Wildman–Crippen MR) is 124 cm³/mol. The number of anilines is 1. The lowest BCUT2D eigenvalue weighted by atomic mass is 10.0. The molecule has 0 spiro atoms. The molecule has 1 aliphatic rings. The first-order valence-electron chi connectivity index (χ1n) is 11.6. The van der Waals surface area contributed by atoms with Gasteiger partial charge in [0.05, 0.1) is 5.56 Å². The summed E-state index contributed by atoms with van der Waals surface area (Å²) in [5, 5.41) is 9.54. The maximum absolute atomic E-state index is 14.4. The number of aromatic carboxylic acids is 1. The van der Waals surface area contributed by atoms with Gasteiger partial charge in [-0.05, 0) is 49.2 Å². The minimum absolute atomic E-state index is 0.00693. The average molecular weight is 459 g/mol. The Morgan fingerprint density at radius 3 is 2.33 bits per heavy atom. The van der Waals surface area contributed by atoms with Crippen LogP contribution in [0, 0.1) is 17.6 Å². The largest absolute Gasteiger partial charge is 0.478 e. The molecule has 0 bridgehead atoms. The Bertz CT molecular complexity index is 993. The number of benzene rings is 2. The highest BCUT2D eigenvalue weighted by Crippen LogP contribution is 2.28. The van der Waals surface area contributed by atoms with E-state index in [2.05, 4.69) is 0 Å². The van der Waals surface area contributed by atoms with Crippen molar-refractivity contribution in [3.8, 4) is 0 Å². The normalized spacial score (nSPS) is 16.1. The van der Waals surface area contributed by atoms with Crippen molar-refractivity contribution in [3.63, 3.8) is 0 Å². The van der Waals surface area contributed by atoms with Crippen LogP contribution < -0.4 is 4.90 Å². The van der Waals surface area contributed by atoms with Crippen LogP contribution >= 0.6 is 0 Å². The number of hydrogen-bond donors (Lipinski definition) is 1. The summed E-state index contributed by atoms with van der Waals surface area (Å²) >= 11 is 0. The zero-order valence-electron chi connectivity index (χ0n) is 19.3. The maximum atomic E-state index is 14.4. The molecule has 178 valence electrons. The highest BCUT2D eigenvalue weighted by atomic mass is 19.1. The third-order valence-corrected chi connectivity index (χ3v) is 6.04. The van der Waals surface area contributed by atoms with Gasteiger partial charge in [-0.1, -0.05) is 39.2 Å². The Morgan fingerprint density at radius 2 is 1.67 bits per heavy atom. The number of halogens is 2. The van der Waals surface area contributed by atoms with Gasteiger partial charge in [-0.2, -0.15) is 0 Å². The Morgan fingerprint density at radius 1 is 0.970 bits per heavy atom. The van der Waals surface area contributed by atoms with E-state index in [1.807, 2.05) is 18.7 Å². The van der Waals surface area contributed by atoms with Crippen molar-refractivity contribution in [1.29, 1.82) is 0 Å². The summed E-state index contributed by atoms with van der Waals surface area (Å²) < 4.78 is 27.8. The van der Waals surface area contributed by atoms with Crippen LogP contribution in [0.5, 0.6) is 0 Å².